The second-order valence-corrected chi connectivity index (χ2v) is 5.32. The molecule has 0 spiro atoms. The van der Waals surface area contributed by atoms with Gasteiger partial charge in [0.05, 0.1) is 5.75 Å². The molecule has 6 heteroatoms. The van der Waals surface area contributed by atoms with Crippen LogP contribution in [0.5, 0.6) is 0 Å². The van der Waals surface area contributed by atoms with E-state index in [9.17, 15) is 14.7 Å². The average molecular weight is 292 g/mol. The maximum atomic E-state index is 11.5. The van der Waals surface area contributed by atoms with Crippen molar-refractivity contribution in [3.8, 4) is 0 Å². The van der Waals surface area contributed by atoms with E-state index in [4.69, 9.17) is 0 Å². The SMILES string of the molecule is CSCC(=O)N[C@@H](Cc1c[nH]c2ccccc12)C(=O)O. The van der Waals surface area contributed by atoms with Crippen molar-refractivity contribution in [3.63, 3.8) is 0 Å². The Morgan fingerprint density at radius 1 is 1.40 bits per heavy atom. The first-order valence-corrected chi connectivity index (χ1v) is 7.57. The summed E-state index contributed by atoms with van der Waals surface area (Å²) < 4.78 is 0. The van der Waals surface area contributed by atoms with Gasteiger partial charge in [-0.05, 0) is 17.9 Å². The quantitative estimate of drug-likeness (QED) is 0.756. The van der Waals surface area contributed by atoms with E-state index in [0.717, 1.165) is 16.5 Å². The van der Waals surface area contributed by atoms with Gasteiger partial charge < -0.3 is 15.4 Å². The number of para-hydroxylation sites is 1. The molecule has 0 unspecified atom stereocenters. The number of rotatable bonds is 6. The molecule has 2 rings (SSSR count). The largest absolute Gasteiger partial charge is 0.480 e. The maximum Gasteiger partial charge on any atom is 0.326 e. The number of amides is 1. The van der Waals surface area contributed by atoms with Crippen LogP contribution < -0.4 is 5.32 Å². The number of hydrogen-bond acceptors (Lipinski definition) is 3. The lowest BCUT2D eigenvalue weighted by Gasteiger charge is -2.13. The Balaban J connectivity index is 2.15. The van der Waals surface area contributed by atoms with Gasteiger partial charge >= 0.3 is 5.97 Å². The van der Waals surface area contributed by atoms with Crippen LogP contribution in [0.15, 0.2) is 30.5 Å². The van der Waals surface area contributed by atoms with Crippen LogP contribution in [-0.4, -0.2) is 40.0 Å². The van der Waals surface area contributed by atoms with Crippen molar-refractivity contribution < 1.29 is 14.7 Å². The Morgan fingerprint density at radius 2 is 2.15 bits per heavy atom. The van der Waals surface area contributed by atoms with E-state index < -0.39 is 12.0 Å². The van der Waals surface area contributed by atoms with Gasteiger partial charge in [0.1, 0.15) is 6.04 Å². The van der Waals surface area contributed by atoms with Crippen LogP contribution in [0, 0.1) is 0 Å². The highest BCUT2D eigenvalue weighted by Crippen LogP contribution is 2.19. The molecule has 106 valence electrons. The number of fused-ring (bicyclic) bond motifs is 1. The third-order valence-electron chi connectivity index (χ3n) is 3.01. The second-order valence-electron chi connectivity index (χ2n) is 4.45. The summed E-state index contributed by atoms with van der Waals surface area (Å²) in [5.41, 5.74) is 1.85. The van der Waals surface area contributed by atoms with Crippen LogP contribution >= 0.6 is 11.8 Å². The van der Waals surface area contributed by atoms with Gasteiger partial charge in [-0.2, -0.15) is 11.8 Å². The standard InChI is InChI=1S/C14H16N2O3S/c1-20-8-13(17)16-12(14(18)19)6-9-7-15-11-5-3-2-4-10(9)11/h2-5,7,12,15H,6,8H2,1H3,(H,16,17)(H,18,19)/t12-/m0/s1. The monoisotopic (exact) mass is 292 g/mol. The predicted octanol–water partition coefficient (Wildman–Crippen LogP) is 1.64. The molecule has 0 fully saturated rings. The number of carboxylic acids is 1. The number of thioether (sulfide) groups is 1. The lowest BCUT2D eigenvalue weighted by Crippen LogP contribution is -2.43. The second kappa shape index (κ2) is 6.47. The Labute approximate surface area is 120 Å². The molecule has 20 heavy (non-hydrogen) atoms. The summed E-state index contributed by atoms with van der Waals surface area (Å²) in [6.07, 6.45) is 3.86. The van der Waals surface area contributed by atoms with Gasteiger partial charge in [0.25, 0.3) is 0 Å². The van der Waals surface area contributed by atoms with Gasteiger partial charge in [-0.15, -0.1) is 0 Å². The van der Waals surface area contributed by atoms with Crippen molar-refractivity contribution >= 4 is 34.5 Å². The van der Waals surface area contributed by atoms with Crippen LogP contribution in [-0.2, 0) is 16.0 Å². The lowest BCUT2D eigenvalue weighted by atomic mass is 10.1. The van der Waals surface area contributed by atoms with Gasteiger partial charge in [0.2, 0.25) is 5.91 Å². The average Bonchev–Trinajstić information content (AvgIpc) is 2.82. The molecule has 0 aliphatic carbocycles. The highest BCUT2D eigenvalue weighted by atomic mass is 32.2. The number of nitrogens with one attached hydrogen (secondary N) is 2. The summed E-state index contributed by atoms with van der Waals surface area (Å²) in [5.74, 6) is -1.02. The molecule has 0 radical (unpaired) electrons. The van der Waals surface area contributed by atoms with Crippen LogP contribution in [0.3, 0.4) is 0 Å². The molecular weight excluding hydrogens is 276 g/mol. The molecule has 0 aliphatic rings. The van der Waals surface area contributed by atoms with Gasteiger partial charge in [-0.3, -0.25) is 4.79 Å². The van der Waals surface area contributed by atoms with E-state index in [0.29, 0.717) is 0 Å². The summed E-state index contributed by atoms with van der Waals surface area (Å²) in [5, 5.41) is 12.8. The number of H-pyrrole nitrogens is 1. The molecule has 0 aliphatic heterocycles. The molecule has 1 amide bonds. The molecular formula is C14H16N2O3S. The van der Waals surface area contributed by atoms with Gasteiger partial charge in [-0.1, -0.05) is 18.2 Å². The van der Waals surface area contributed by atoms with Gasteiger partial charge in [0.15, 0.2) is 0 Å². The maximum absolute atomic E-state index is 11.5. The number of hydrogen-bond donors (Lipinski definition) is 3. The minimum atomic E-state index is -1.02. The summed E-state index contributed by atoms with van der Waals surface area (Å²) in [6, 6.07) is 6.78. The first-order chi connectivity index (χ1) is 9.61. The van der Waals surface area contributed by atoms with Crippen molar-refractivity contribution in [2.24, 2.45) is 0 Å². The highest BCUT2D eigenvalue weighted by molar-refractivity contribution is 7.99. The number of carbonyl (C=O) groups excluding carboxylic acids is 1. The third kappa shape index (κ3) is 3.33. The summed E-state index contributed by atoms with van der Waals surface area (Å²) in [4.78, 5) is 25.9. The molecule has 1 heterocycles. The smallest absolute Gasteiger partial charge is 0.326 e. The molecule has 1 aromatic carbocycles. The molecule has 2 aromatic rings. The fourth-order valence-electron chi connectivity index (χ4n) is 2.09. The van der Waals surface area contributed by atoms with Crippen LogP contribution in [0.25, 0.3) is 10.9 Å². The van der Waals surface area contributed by atoms with Crippen LogP contribution in [0.2, 0.25) is 0 Å². The number of carboxylic acid groups (broad SMARTS) is 1. The lowest BCUT2D eigenvalue weighted by molar-refractivity contribution is -0.141. The first kappa shape index (κ1) is 14.5. The fourth-order valence-corrected chi connectivity index (χ4v) is 2.43. The Morgan fingerprint density at radius 3 is 2.85 bits per heavy atom. The van der Waals surface area contributed by atoms with Crippen molar-refractivity contribution in [2.75, 3.05) is 12.0 Å². The minimum Gasteiger partial charge on any atom is -0.480 e. The minimum absolute atomic E-state index is 0.259. The molecule has 0 saturated heterocycles. The molecule has 0 bridgehead atoms. The van der Waals surface area contributed by atoms with E-state index in [2.05, 4.69) is 10.3 Å². The fraction of sp³-hybridized carbons (Fsp3) is 0.286. The highest BCUT2D eigenvalue weighted by Gasteiger charge is 2.21. The molecule has 3 N–H and O–H groups in total. The zero-order valence-corrected chi connectivity index (χ0v) is 11.9. The molecule has 0 saturated carbocycles. The van der Waals surface area contributed by atoms with E-state index in [1.54, 1.807) is 12.5 Å². The van der Waals surface area contributed by atoms with Gasteiger partial charge in [0, 0.05) is 23.5 Å². The molecule has 1 aromatic heterocycles. The molecule has 5 nitrogen and oxygen atoms in total. The summed E-state index contributed by atoms with van der Waals surface area (Å²) in [6.45, 7) is 0. The number of carbonyl (C=O) groups is 2. The van der Waals surface area contributed by atoms with Crippen LogP contribution in [0.1, 0.15) is 5.56 Å². The number of aliphatic carboxylic acids is 1. The Bertz CT molecular complexity index is 624. The predicted molar refractivity (Wildman–Crippen MR) is 80.0 cm³/mol. The zero-order chi connectivity index (χ0) is 14.5. The van der Waals surface area contributed by atoms with Gasteiger partial charge in [-0.25, -0.2) is 4.79 Å². The summed E-state index contributed by atoms with van der Waals surface area (Å²) in [7, 11) is 0. The van der Waals surface area contributed by atoms with E-state index in [1.165, 1.54) is 11.8 Å². The molecule has 1 atom stereocenters. The van der Waals surface area contributed by atoms with E-state index >= 15 is 0 Å². The number of aromatic nitrogens is 1. The Hall–Kier alpha value is -1.95. The zero-order valence-electron chi connectivity index (χ0n) is 11.1. The van der Waals surface area contributed by atoms with Crippen molar-refractivity contribution in [2.45, 2.75) is 12.5 Å². The van der Waals surface area contributed by atoms with Crippen molar-refractivity contribution in [1.29, 1.82) is 0 Å². The van der Waals surface area contributed by atoms with E-state index in [1.807, 2.05) is 24.3 Å². The number of benzene rings is 1. The first-order valence-electron chi connectivity index (χ1n) is 6.18. The topological polar surface area (TPSA) is 82.2 Å². The Kier molecular flexibility index (Phi) is 4.68. The van der Waals surface area contributed by atoms with Crippen LogP contribution in [0.4, 0.5) is 0 Å². The van der Waals surface area contributed by atoms with Crippen molar-refractivity contribution in [1.82, 2.24) is 10.3 Å². The third-order valence-corrected chi connectivity index (χ3v) is 3.56. The van der Waals surface area contributed by atoms with Crippen molar-refractivity contribution in [3.05, 3.63) is 36.0 Å². The van der Waals surface area contributed by atoms with E-state index in [-0.39, 0.29) is 18.1 Å². The summed E-state index contributed by atoms with van der Waals surface area (Å²) >= 11 is 1.36. The number of aromatic amines is 1. The normalized spacial score (nSPS) is 12.2.